The van der Waals surface area contributed by atoms with E-state index in [0.29, 0.717) is 0 Å². The zero-order valence-corrected chi connectivity index (χ0v) is 13.1. The van der Waals surface area contributed by atoms with E-state index in [2.05, 4.69) is 21.9 Å². The van der Waals surface area contributed by atoms with E-state index >= 15 is 0 Å². The maximum Gasteiger partial charge on any atom is 0.146 e. The lowest BCUT2D eigenvalue weighted by atomic mass is 10.3. The molecule has 1 unspecified atom stereocenters. The summed E-state index contributed by atoms with van der Waals surface area (Å²) in [5, 5.41) is -0.105. The Balaban J connectivity index is 2.48. The van der Waals surface area contributed by atoms with Crippen molar-refractivity contribution < 1.29 is 4.74 Å². The summed E-state index contributed by atoms with van der Waals surface area (Å²) in [6.07, 6.45) is 3.24. The Hall–Kier alpha value is -0.870. The molecule has 19 heavy (non-hydrogen) atoms. The molecule has 0 aliphatic carbocycles. The predicted octanol–water partition coefficient (Wildman–Crippen LogP) is 4.10. The molecule has 1 aromatic heterocycles. The summed E-state index contributed by atoms with van der Waals surface area (Å²) in [7, 11) is 1.67. The summed E-state index contributed by atoms with van der Waals surface area (Å²) < 4.78 is 7.59. The number of halogens is 1. The Morgan fingerprint density at radius 2 is 2.26 bits per heavy atom. The molecule has 0 N–H and O–H groups in total. The van der Waals surface area contributed by atoms with E-state index in [0.717, 1.165) is 41.3 Å². The van der Waals surface area contributed by atoms with Crippen molar-refractivity contribution >= 4 is 34.4 Å². The van der Waals surface area contributed by atoms with Crippen LogP contribution in [0.2, 0.25) is 0 Å². The Labute approximate surface area is 123 Å². The molecule has 0 aliphatic rings. The van der Waals surface area contributed by atoms with Crippen molar-refractivity contribution in [3.8, 4) is 5.75 Å². The largest absolute Gasteiger partial charge is 0.494 e. The predicted molar refractivity (Wildman–Crippen MR) is 83.6 cm³/mol. The van der Waals surface area contributed by atoms with Gasteiger partial charge in [0.1, 0.15) is 17.1 Å². The SMILES string of the molecule is COc1cccc2c1nc(C(C)Cl)n2CCCSC. The van der Waals surface area contributed by atoms with Crippen molar-refractivity contribution in [3.63, 3.8) is 0 Å². The van der Waals surface area contributed by atoms with Gasteiger partial charge in [0.05, 0.1) is 18.0 Å². The summed E-state index contributed by atoms with van der Waals surface area (Å²) in [4.78, 5) is 4.66. The van der Waals surface area contributed by atoms with Crippen molar-refractivity contribution in [3.05, 3.63) is 24.0 Å². The summed E-state index contributed by atoms with van der Waals surface area (Å²) >= 11 is 8.12. The molecule has 1 aromatic carbocycles. The van der Waals surface area contributed by atoms with Gasteiger partial charge in [0, 0.05) is 6.54 Å². The minimum atomic E-state index is -0.105. The van der Waals surface area contributed by atoms with Gasteiger partial charge in [-0.1, -0.05) is 6.07 Å². The topological polar surface area (TPSA) is 27.1 Å². The second-order valence-electron chi connectivity index (χ2n) is 4.41. The number of thioether (sulfide) groups is 1. The number of rotatable bonds is 6. The number of aryl methyl sites for hydroxylation is 1. The van der Waals surface area contributed by atoms with Gasteiger partial charge in [0.25, 0.3) is 0 Å². The summed E-state index contributed by atoms with van der Waals surface area (Å²) in [5.41, 5.74) is 2.00. The van der Waals surface area contributed by atoms with Crippen LogP contribution in [-0.2, 0) is 6.54 Å². The van der Waals surface area contributed by atoms with Gasteiger partial charge in [-0.05, 0) is 37.5 Å². The van der Waals surface area contributed by atoms with Crippen molar-refractivity contribution in [2.75, 3.05) is 19.1 Å². The van der Waals surface area contributed by atoms with E-state index in [4.69, 9.17) is 16.3 Å². The van der Waals surface area contributed by atoms with Gasteiger partial charge in [0.15, 0.2) is 0 Å². The molecule has 0 radical (unpaired) electrons. The highest BCUT2D eigenvalue weighted by atomic mass is 35.5. The van der Waals surface area contributed by atoms with Gasteiger partial charge in [0.2, 0.25) is 0 Å². The molecule has 0 saturated carbocycles. The molecule has 104 valence electrons. The van der Waals surface area contributed by atoms with Crippen molar-refractivity contribution in [2.45, 2.75) is 25.3 Å². The van der Waals surface area contributed by atoms with Crippen LogP contribution in [0.25, 0.3) is 11.0 Å². The molecular weight excluding hydrogens is 280 g/mol. The highest BCUT2D eigenvalue weighted by Crippen LogP contribution is 2.30. The van der Waals surface area contributed by atoms with E-state index in [1.807, 2.05) is 30.8 Å². The second kappa shape index (κ2) is 6.53. The molecule has 1 heterocycles. The van der Waals surface area contributed by atoms with Crippen LogP contribution in [0.3, 0.4) is 0 Å². The average Bonchev–Trinajstić information content (AvgIpc) is 2.78. The van der Waals surface area contributed by atoms with Gasteiger partial charge in [-0.2, -0.15) is 11.8 Å². The summed E-state index contributed by atoms with van der Waals surface area (Å²) in [6, 6.07) is 6.01. The van der Waals surface area contributed by atoms with E-state index < -0.39 is 0 Å². The molecule has 2 aromatic rings. The van der Waals surface area contributed by atoms with Crippen LogP contribution >= 0.6 is 23.4 Å². The van der Waals surface area contributed by atoms with Gasteiger partial charge >= 0.3 is 0 Å². The fraction of sp³-hybridized carbons (Fsp3) is 0.500. The Morgan fingerprint density at radius 1 is 1.47 bits per heavy atom. The summed E-state index contributed by atoms with van der Waals surface area (Å²) in [5.74, 6) is 2.86. The first-order valence-electron chi connectivity index (χ1n) is 6.35. The minimum Gasteiger partial charge on any atom is -0.494 e. The fourth-order valence-corrected chi connectivity index (χ4v) is 2.79. The molecule has 5 heteroatoms. The first-order valence-corrected chi connectivity index (χ1v) is 8.18. The van der Waals surface area contributed by atoms with Crippen LogP contribution < -0.4 is 4.74 Å². The zero-order valence-electron chi connectivity index (χ0n) is 11.5. The first kappa shape index (κ1) is 14.5. The number of imidazole rings is 1. The molecule has 0 spiro atoms. The summed E-state index contributed by atoms with van der Waals surface area (Å²) in [6.45, 7) is 2.90. The number of methoxy groups -OCH3 is 1. The van der Waals surface area contributed by atoms with Crippen LogP contribution in [0.15, 0.2) is 18.2 Å². The van der Waals surface area contributed by atoms with E-state index in [9.17, 15) is 0 Å². The van der Waals surface area contributed by atoms with Crippen LogP contribution in [-0.4, -0.2) is 28.7 Å². The standard InChI is InChI=1S/C14H19ClN2OS/c1-10(15)14-16-13-11(6-4-7-12(13)18-2)17(14)8-5-9-19-3/h4,6-7,10H,5,8-9H2,1-3H3. The monoisotopic (exact) mass is 298 g/mol. The minimum absolute atomic E-state index is 0.105. The third-order valence-corrected chi connectivity index (χ3v) is 3.97. The molecular formula is C14H19ClN2OS. The van der Waals surface area contributed by atoms with Crippen molar-refractivity contribution in [2.24, 2.45) is 0 Å². The van der Waals surface area contributed by atoms with Gasteiger partial charge in [-0.3, -0.25) is 0 Å². The van der Waals surface area contributed by atoms with Gasteiger partial charge in [-0.15, -0.1) is 11.6 Å². The molecule has 0 bridgehead atoms. The Morgan fingerprint density at radius 3 is 2.89 bits per heavy atom. The van der Waals surface area contributed by atoms with Crippen LogP contribution in [0.1, 0.15) is 24.5 Å². The number of hydrogen-bond acceptors (Lipinski definition) is 3. The van der Waals surface area contributed by atoms with E-state index in [-0.39, 0.29) is 5.38 Å². The number of nitrogens with zero attached hydrogens (tertiary/aromatic N) is 2. The molecule has 0 amide bonds. The van der Waals surface area contributed by atoms with Crippen molar-refractivity contribution in [1.29, 1.82) is 0 Å². The number of aromatic nitrogens is 2. The number of hydrogen-bond donors (Lipinski definition) is 0. The van der Waals surface area contributed by atoms with Crippen LogP contribution in [0, 0.1) is 0 Å². The lowest BCUT2D eigenvalue weighted by molar-refractivity contribution is 0.419. The fourth-order valence-electron chi connectivity index (χ4n) is 2.21. The molecule has 0 saturated heterocycles. The Kier molecular flexibility index (Phi) is 4.99. The lowest BCUT2D eigenvalue weighted by Gasteiger charge is -2.10. The normalized spacial score (nSPS) is 12.8. The first-order chi connectivity index (χ1) is 9.19. The third-order valence-electron chi connectivity index (χ3n) is 3.08. The second-order valence-corrected chi connectivity index (χ2v) is 6.05. The van der Waals surface area contributed by atoms with E-state index in [1.165, 1.54) is 0 Å². The van der Waals surface area contributed by atoms with Crippen LogP contribution in [0.4, 0.5) is 0 Å². The Bertz CT molecular complexity index is 554. The highest BCUT2D eigenvalue weighted by Gasteiger charge is 2.16. The number of para-hydroxylation sites is 1. The maximum absolute atomic E-state index is 6.26. The molecule has 0 aliphatic heterocycles. The lowest BCUT2D eigenvalue weighted by Crippen LogP contribution is -2.05. The quantitative estimate of drug-likeness (QED) is 0.593. The number of alkyl halides is 1. The maximum atomic E-state index is 6.26. The molecule has 1 atom stereocenters. The number of benzene rings is 1. The van der Waals surface area contributed by atoms with Gasteiger partial charge in [-0.25, -0.2) is 4.98 Å². The number of fused-ring (bicyclic) bond motifs is 1. The molecule has 2 rings (SSSR count). The third kappa shape index (κ3) is 3.00. The van der Waals surface area contributed by atoms with Crippen molar-refractivity contribution in [1.82, 2.24) is 9.55 Å². The molecule has 3 nitrogen and oxygen atoms in total. The zero-order chi connectivity index (χ0) is 13.8. The van der Waals surface area contributed by atoms with Crippen LogP contribution in [0.5, 0.6) is 5.75 Å². The number of ether oxygens (including phenoxy) is 1. The highest BCUT2D eigenvalue weighted by molar-refractivity contribution is 7.98. The molecule has 0 fully saturated rings. The smallest absolute Gasteiger partial charge is 0.146 e. The average molecular weight is 299 g/mol. The van der Waals surface area contributed by atoms with E-state index in [1.54, 1.807) is 7.11 Å². The van der Waals surface area contributed by atoms with Gasteiger partial charge < -0.3 is 9.30 Å².